The van der Waals surface area contributed by atoms with Crippen LogP contribution in [0.3, 0.4) is 0 Å². The number of thioether (sulfide) groups is 1. The molecule has 124 valence electrons. The molecule has 2 aromatic heterocycles. The predicted molar refractivity (Wildman–Crippen MR) is 87.6 cm³/mol. The van der Waals surface area contributed by atoms with Crippen molar-refractivity contribution in [3.05, 3.63) is 6.33 Å². The van der Waals surface area contributed by atoms with Crippen molar-refractivity contribution in [1.82, 2.24) is 29.7 Å². The number of rotatable bonds is 9. The molecule has 1 amide bonds. The molecule has 2 aromatic rings. The maximum absolute atomic E-state index is 10.8. The summed E-state index contributed by atoms with van der Waals surface area (Å²) < 4.78 is 1.43. The van der Waals surface area contributed by atoms with E-state index in [2.05, 4.69) is 42.6 Å². The Morgan fingerprint density at radius 1 is 1.35 bits per heavy atom. The van der Waals surface area contributed by atoms with E-state index in [4.69, 9.17) is 5.73 Å². The first kappa shape index (κ1) is 16.9. The van der Waals surface area contributed by atoms with Gasteiger partial charge in [0.15, 0.2) is 0 Å². The summed E-state index contributed by atoms with van der Waals surface area (Å²) in [6.07, 6.45) is 3.58. The van der Waals surface area contributed by atoms with Crippen LogP contribution >= 0.6 is 11.8 Å². The molecule has 0 atom stereocenters. The normalized spacial score (nSPS) is 10.5. The van der Waals surface area contributed by atoms with Gasteiger partial charge < -0.3 is 16.4 Å². The summed E-state index contributed by atoms with van der Waals surface area (Å²) in [5.74, 6) is 0.922. The largest absolute Gasteiger partial charge is 0.369 e. The fraction of sp³-hybridized carbons (Fsp3) is 0.500. The van der Waals surface area contributed by atoms with Crippen molar-refractivity contribution in [3.8, 4) is 5.95 Å². The number of anilines is 2. The lowest BCUT2D eigenvalue weighted by Gasteiger charge is -2.07. The fourth-order valence-electron chi connectivity index (χ4n) is 1.58. The summed E-state index contributed by atoms with van der Waals surface area (Å²) in [4.78, 5) is 27.7. The van der Waals surface area contributed by atoms with E-state index < -0.39 is 5.91 Å². The number of primary amides is 1. The van der Waals surface area contributed by atoms with E-state index in [1.165, 1.54) is 11.0 Å². The minimum atomic E-state index is -0.425. The summed E-state index contributed by atoms with van der Waals surface area (Å²) in [7, 11) is 1.73. The Hall–Kier alpha value is -2.43. The summed E-state index contributed by atoms with van der Waals surface area (Å²) >= 11 is 1.16. The predicted octanol–water partition coefficient (Wildman–Crippen LogP) is 0.283. The van der Waals surface area contributed by atoms with Crippen molar-refractivity contribution in [1.29, 1.82) is 0 Å². The van der Waals surface area contributed by atoms with E-state index >= 15 is 0 Å². The smallest absolute Gasteiger partial charge is 0.258 e. The lowest BCUT2D eigenvalue weighted by atomic mass is 10.3. The van der Waals surface area contributed by atoms with Crippen LogP contribution in [-0.4, -0.2) is 55.0 Å². The Balaban J connectivity index is 2.17. The lowest BCUT2D eigenvalue weighted by molar-refractivity contribution is -0.115. The highest BCUT2D eigenvalue weighted by atomic mass is 32.2. The van der Waals surface area contributed by atoms with E-state index in [0.29, 0.717) is 23.0 Å². The first-order valence-electron chi connectivity index (χ1n) is 7.13. The number of unbranched alkanes of at least 4 members (excludes halogenated alkanes) is 1. The molecule has 0 aromatic carbocycles. The van der Waals surface area contributed by atoms with Gasteiger partial charge in [-0.1, -0.05) is 25.1 Å². The zero-order chi connectivity index (χ0) is 16.7. The number of carbonyl (C=O) groups excluding carboxylic acids is 1. The highest BCUT2D eigenvalue weighted by Crippen LogP contribution is 2.13. The molecule has 0 radical (unpaired) electrons. The van der Waals surface area contributed by atoms with Gasteiger partial charge in [-0.25, -0.2) is 4.98 Å². The van der Waals surface area contributed by atoms with Gasteiger partial charge in [0.25, 0.3) is 5.95 Å². The standard InChI is InChI=1S/C12H19N9OS/c1-3-4-5-15-10-17-9(14-2)18-11(19-10)21-7-16-12(20-21)23-6-8(13)22/h7H,3-6H2,1-2H3,(H2,13,22)(H2,14,15,17,18,19). The van der Waals surface area contributed by atoms with Crippen LogP contribution in [0.15, 0.2) is 11.5 Å². The van der Waals surface area contributed by atoms with Crippen LogP contribution in [0.4, 0.5) is 11.9 Å². The Kier molecular flexibility index (Phi) is 6.09. The number of hydrogen-bond donors (Lipinski definition) is 3. The van der Waals surface area contributed by atoms with Gasteiger partial charge in [-0.15, -0.1) is 5.10 Å². The molecule has 2 heterocycles. The summed E-state index contributed by atoms with van der Waals surface area (Å²) in [5, 5.41) is 10.7. The van der Waals surface area contributed by atoms with Crippen molar-refractivity contribution >= 4 is 29.6 Å². The molecule has 2 rings (SSSR count). The SMILES string of the molecule is CCCCNc1nc(NC)nc(-n2cnc(SCC(N)=O)n2)n1. The molecular weight excluding hydrogens is 318 g/mol. The Labute approximate surface area is 137 Å². The van der Waals surface area contributed by atoms with Gasteiger partial charge in [0.2, 0.25) is 23.0 Å². The van der Waals surface area contributed by atoms with Gasteiger partial charge in [-0.2, -0.15) is 19.6 Å². The third-order valence-electron chi connectivity index (χ3n) is 2.68. The second kappa shape index (κ2) is 8.27. The maximum atomic E-state index is 10.8. The number of amides is 1. The molecule has 0 aliphatic carbocycles. The molecule has 0 bridgehead atoms. The van der Waals surface area contributed by atoms with E-state index in [1.54, 1.807) is 7.05 Å². The first-order chi connectivity index (χ1) is 11.1. The van der Waals surface area contributed by atoms with Crippen LogP contribution in [0.25, 0.3) is 5.95 Å². The number of nitrogens with zero attached hydrogens (tertiary/aromatic N) is 6. The van der Waals surface area contributed by atoms with Gasteiger partial charge in [0, 0.05) is 13.6 Å². The lowest BCUT2D eigenvalue weighted by Crippen LogP contribution is -2.13. The Morgan fingerprint density at radius 3 is 2.83 bits per heavy atom. The molecule has 23 heavy (non-hydrogen) atoms. The quantitative estimate of drug-likeness (QED) is 0.435. The van der Waals surface area contributed by atoms with Crippen molar-refractivity contribution in [2.45, 2.75) is 24.9 Å². The third-order valence-corrected chi connectivity index (χ3v) is 3.55. The van der Waals surface area contributed by atoms with Crippen LogP contribution in [0.5, 0.6) is 0 Å². The van der Waals surface area contributed by atoms with Crippen LogP contribution in [0, 0.1) is 0 Å². The summed E-state index contributed by atoms with van der Waals surface area (Å²) in [6.45, 7) is 2.89. The molecule has 11 heteroatoms. The zero-order valence-electron chi connectivity index (χ0n) is 13.0. The van der Waals surface area contributed by atoms with E-state index in [1.807, 2.05) is 0 Å². The van der Waals surface area contributed by atoms with Crippen molar-refractivity contribution < 1.29 is 4.79 Å². The van der Waals surface area contributed by atoms with Gasteiger partial charge in [0.1, 0.15) is 6.33 Å². The van der Waals surface area contributed by atoms with E-state index in [-0.39, 0.29) is 5.75 Å². The zero-order valence-corrected chi connectivity index (χ0v) is 13.8. The molecule has 4 N–H and O–H groups in total. The number of carbonyl (C=O) groups is 1. The van der Waals surface area contributed by atoms with Crippen LogP contribution in [-0.2, 0) is 4.79 Å². The molecule has 0 fully saturated rings. The first-order valence-corrected chi connectivity index (χ1v) is 8.11. The van der Waals surface area contributed by atoms with Gasteiger partial charge in [-0.05, 0) is 6.42 Å². The van der Waals surface area contributed by atoms with Crippen LogP contribution in [0.2, 0.25) is 0 Å². The van der Waals surface area contributed by atoms with Gasteiger partial charge >= 0.3 is 0 Å². The average Bonchev–Trinajstić information content (AvgIpc) is 3.02. The molecule has 0 aliphatic rings. The minimum absolute atomic E-state index is 0.118. The average molecular weight is 337 g/mol. The van der Waals surface area contributed by atoms with Crippen LogP contribution < -0.4 is 16.4 Å². The Morgan fingerprint density at radius 2 is 2.13 bits per heavy atom. The highest BCUT2D eigenvalue weighted by molar-refractivity contribution is 7.99. The number of hydrogen-bond acceptors (Lipinski definition) is 9. The minimum Gasteiger partial charge on any atom is -0.369 e. The van der Waals surface area contributed by atoms with Crippen molar-refractivity contribution in [2.75, 3.05) is 30.0 Å². The van der Waals surface area contributed by atoms with Gasteiger partial charge in [0.05, 0.1) is 5.75 Å². The molecule has 0 unspecified atom stereocenters. The van der Waals surface area contributed by atoms with Crippen molar-refractivity contribution in [3.63, 3.8) is 0 Å². The summed E-state index contributed by atoms with van der Waals surface area (Å²) in [5.41, 5.74) is 5.10. The number of aromatic nitrogens is 6. The molecule has 0 saturated heterocycles. The molecule has 10 nitrogen and oxygen atoms in total. The monoisotopic (exact) mass is 337 g/mol. The van der Waals surface area contributed by atoms with Crippen LogP contribution in [0.1, 0.15) is 19.8 Å². The molecule has 0 aliphatic heterocycles. The van der Waals surface area contributed by atoms with E-state index in [9.17, 15) is 4.79 Å². The second-order valence-electron chi connectivity index (χ2n) is 4.54. The maximum Gasteiger partial charge on any atom is 0.258 e. The van der Waals surface area contributed by atoms with Gasteiger partial charge in [-0.3, -0.25) is 4.79 Å². The topological polar surface area (TPSA) is 137 Å². The summed E-state index contributed by atoms with van der Waals surface area (Å²) in [6, 6.07) is 0. The van der Waals surface area contributed by atoms with Crippen molar-refractivity contribution in [2.24, 2.45) is 5.73 Å². The second-order valence-corrected chi connectivity index (χ2v) is 5.48. The molecule has 0 spiro atoms. The number of nitrogens with two attached hydrogens (primary N) is 1. The molecule has 0 saturated carbocycles. The number of nitrogens with one attached hydrogen (secondary N) is 2. The molecular formula is C12H19N9OS. The van der Waals surface area contributed by atoms with E-state index in [0.717, 1.165) is 31.1 Å². The third kappa shape index (κ3) is 5.06. The fourth-order valence-corrected chi connectivity index (χ4v) is 2.12. The Bertz CT molecular complexity index is 660. The highest BCUT2D eigenvalue weighted by Gasteiger charge is 2.10.